The van der Waals surface area contributed by atoms with Crippen LogP contribution in [0.2, 0.25) is 0 Å². The van der Waals surface area contributed by atoms with Crippen molar-refractivity contribution >= 4 is 5.97 Å². The van der Waals surface area contributed by atoms with Gasteiger partial charge in [-0.05, 0) is 37.0 Å². The van der Waals surface area contributed by atoms with E-state index in [1.54, 1.807) is 24.3 Å². The first kappa shape index (κ1) is 34.1. The van der Waals surface area contributed by atoms with Gasteiger partial charge in [0, 0.05) is 17.4 Å². The second-order valence-electron chi connectivity index (χ2n) is 10.6. The highest BCUT2D eigenvalue weighted by Crippen LogP contribution is 2.54. The fourth-order valence-electron chi connectivity index (χ4n) is 6.15. The zero-order valence-electron chi connectivity index (χ0n) is 26.4. The molecule has 0 N–H and O–H groups in total. The van der Waals surface area contributed by atoms with Gasteiger partial charge < -0.3 is 33.2 Å². The summed E-state index contributed by atoms with van der Waals surface area (Å²) < 4.78 is 40.0. The van der Waals surface area contributed by atoms with Gasteiger partial charge in [0.15, 0.2) is 29.1 Å². The number of para-hydroxylation sites is 2. The lowest BCUT2D eigenvalue weighted by Gasteiger charge is -2.37. The second-order valence-corrected chi connectivity index (χ2v) is 10.6. The first-order chi connectivity index (χ1) is 21.1. The predicted octanol–water partition coefficient (Wildman–Crippen LogP) is 5.51. The van der Waals surface area contributed by atoms with Gasteiger partial charge >= 0.3 is 5.97 Å². The lowest BCUT2D eigenvalue weighted by atomic mass is 9.65. The quantitative estimate of drug-likeness (QED) is 0.134. The molecule has 0 spiro atoms. The van der Waals surface area contributed by atoms with Crippen molar-refractivity contribution in [2.24, 2.45) is 5.92 Å². The van der Waals surface area contributed by atoms with Crippen LogP contribution in [0.5, 0.6) is 34.5 Å². The van der Waals surface area contributed by atoms with Crippen LogP contribution in [0, 0.1) is 27.4 Å². The highest BCUT2D eigenvalue weighted by atomic mass is 16.6. The molecule has 3 rings (SSSR count). The van der Waals surface area contributed by atoms with E-state index in [0.29, 0.717) is 47.2 Å². The number of methoxy groups -OCH3 is 4. The highest BCUT2D eigenvalue weighted by molar-refractivity contribution is 5.66. The minimum absolute atomic E-state index is 0.0132. The molecule has 0 fully saturated rings. The summed E-state index contributed by atoms with van der Waals surface area (Å²) in [4.78, 5) is 24.3. The number of hydrogen-bond donors (Lipinski definition) is 0. The van der Waals surface area contributed by atoms with Crippen LogP contribution in [0.1, 0.15) is 58.4 Å². The molecule has 12 heteroatoms. The fraction of sp³-hybridized carbons (Fsp3) is 0.562. The molecule has 4 atom stereocenters. The number of carbonyl (C=O) groups is 1. The predicted molar refractivity (Wildman–Crippen MR) is 161 cm³/mol. The number of nitrogens with zero attached hydrogens (tertiary/aromatic N) is 2. The number of ether oxygens (including phenoxy) is 7. The van der Waals surface area contributed by atoms with Gasteiger partial charge in [0.1, 0.15) is 12.7 Å². The van der Waals surface area contributed by atoms with E-state index in [1.165, 1.54) is 35.4 Å². The first-order valence-electron chi connectivity index (χ1n) is 14.6. The fourth-order valence-corrected chi connectivity index (χ4v) is 6.15. The Bertz CT molecular complexity index is 1340. The van der Waals surface area contributed by atoms with E-state index in [4.69, 9.17) is 33.2 Å². The maximum atomic E-state index is 12.5. The Balaban J connectivity index is 2.07. The van der Waals surface area contributed by atoms with Gasteiger partial charge in [0.2, 0.25) is 11.5 Å². The second kappa shape index (κ2) is 15.4. The molecule has 240 valence electrons. The summed E-state index contributed by atoms with van der Waals surface area (Å²) in [5, 5.41) is 23.4. The number of carbonyl (C=O) groups excluding carboxylic acids is 1. The van der Waals surface area contributed by atoms with Crippen molar-refractivity contribution in [3.8, 4) is 40.6 Å². The van der Waals surface area contributed by atoms with E-state index in [-0.39, 0.29) is 37.5 Å². The Kier molecular flexibility index (Phi) is 11.9. The maximum absolute atomic E-state index is 12.5. The Labute approximate surface area is 258 Å². The van der Waals surface area contributed by atoms with Crippen LogP contribution in [-0.4, -0.2) is 64.2 Å². The van der Waals surface area contributed by atoms with Crippen LogP contribution >= 0.6 is 0 Å². The summed E-state index contributed by atoms with van der Waals surface area (Å²) in [7, 11) is 5.88. The zero-order chi connectivity index (χ0) is 32.4. The molecule has 0 radical (unpaired) electrons. The minimum Gasteiger partial charge on any atom is -0.493 e. The molecule has 1 aliphatic heterocycles. The molecular formula is C32H42N2O10. The molecule has 0 aromatic heterocycles. The Morgan fingerprint density at radius 2 is 1.70 bits per heavy atom. The molecule has 0 saturated heterocycles. The van der Waals surface area contributed by atoms with E-state index < -0.39 is 34.6 Å². The number of nitro groups is 1. The first-order valence-corrected chi connectivity index (χ1v) is 14.6. The van der Waals surface area contributed by atoms with Crippen molar-refractivity contribution in [1.29, 1.82) is 5.26 Å². The van der Waals surface area contributed by atoms with Gasteiger partial charge in [0.05, 0.1) is 46.3 Å². The largest absolute Gasteiger partial charge is 0.493 e. The topological polar surface area (TPSA) is 149 Å². The molecule has 1 aliphatic rings. The molecule has 0 bridgehead atoms. The molecule has 0 amide bonds. The van der Waals surface area contributed by atoms with Crippen LogP contribution in [0.4, 0.5) is 0 Å². The lowest BCUT2D eigenvalue weighted by molar-refractivity contribution is -0.536. The molecule has 2 aromatic rings. The lowest BCUT2D eigenvalue weighted by Crippen LogP contribution is -2.44. The van der Waals surface area contributed by atoms with Gasteiger partial charge in [-0.25, -0.2) is 0 Å². The number of esters is 1. The van der Waals surface area contributed by atoms with Gasteiger partial charge in [-0.3, -0.25) is 14.9 Å². The number of rotatable bonds is 16. The van der Waals surface area contributed by atoms with Crippen LogP contribution in [0.15, 0.2) is 30.3 Å². The molecule has 2 aromatic carbocycles. The van der Waals surface area contributed by atoms with Gasteiger partial charge in [-0.2, -0.15) is 5.26 Å². The third-order valence-corrected chi connectivity index (χ3v) is 8.26. The summed E-state index contributed by atoms with van der Waals surface area (Å²) in [5.74, 6) is 1.35. The highest BCUT2D eigenvalue weighted by Gasteiger charge is 2.46. The van der Waals surface area contributed by atoms with Gasteiger partial charge in [-0.1, -0.05) is 38.8 Å². The van der Waals surface area contributed by atoms with E-state index in [1.807, 2.05) is 19.9 Å². The van der Waals surface area contributed by atoms with Crippen LogP contribution in [0.25, 0.3) is 0 Å². The Morgan fingerprint density at radius 1 is 1.07 bits per heavy atom. The molecule has 44 heavy (non-hydrogen) atoms. The smallest absolute Gasteiger partial charge is 0.303 e. The summed E-state index contributed by atoms with van der Waals surface area (Å²) in [6.45, 7) is 5.27. The molecule has 12 nitrogen and oxygen atoms in total. The van der Waals surface area contributed by atoms with Crippen LogP contribution in [0.3, 0.4) is 0 Å². The number of hydrogen-bond acceptors (Lipinski definition) is 11. The third-order valence-electron chi connectivity index (χ3n) is 8.26. The van der Waals surface area contributed by atoms with Crippen molar-refractivity contribution in [3.05, 3.63) is 46.0 Å². The normalized spacial score (nSPS) is 16.6. The van der Waals surface area contributed by atoms with Gasteiger partial charge in [0.25, 0.3) is 6.04 Å². The molecule has 0 aliphatic carbocycles. The molecule has 1 heterocycles. The maximum Gasteiger partial charge on any atom is 0.303 e. The summed E-state index contributed by atoms with van der Waals surface area (Å²) in [6, 6.07) is 9.99. The average Bonchev–Trinajstić information content (AvgIpc) is 3.03. The van der Waals surface area contributed by atoms with E-state index in [9.17, 15) is 20.2 Å². The van der Waals surface area contributed by atoms with Crippen molar-refractivity contribution < 1.29 is 42.9 Å². The van der Waals surface area contributed by atoms with Crippen LogP contribution in [-0.2, 0) is 14.9 Å². The minimum atomic E-state index is -1.32. The monoisotopic (exact) mass is 614 g/mol. The van der Waals surface area contributed by atoms with Crippen molar-refractivity contribution in [1.82, 2.24) is 0 Å². The van der Waals surface area contributed by atoms with Crippen molar-refractivity contribution in [2.75, 3.05) is 35.0 Å². The SMILES string of the molecule is CCC(CC)C(C#N)(CCC(OC(C)=O)C(CC1COc2ccccc2O1)[N+](=O)[O-])c1cc(OC)c(OC)c(OC)c1OC. The number of benzene rings is 2. The summed E-state index contributed by atoms with van der Waals surface area (Å²) >= 11 is 0. The Hall–Kier alpha value is -4.40. The van der Waals surface area contributed by atoms with Gasteiger partial charge in [-0.15, -0.1) is 0 Å². The molecule has 4 unspecified atom stereocenters. The summed E-state index contributed by atoms with van der Waals surface area (Å²) in [6.07, 6.45) is -0.512. The third kappa shape index (κ3) is 7.04. The van der Waals surface area contributed by atoms with Crippen molar-refractivity contribution in [2.45, 2.75) is 76.5 Å². The molecule has 0 saturated carbocycles. The van der Waals surface area contributed by atoms with E-state index >= 15 is 0 Å². The zero-order valence-corrected chi connectivity index (χ0v) is 26.4. The number of nitriles is 1. The molecular weight excluding hydrogens is 572 g/mol. The standard InChI is InChI=1S/C32H42N2O10/c1-8-21(9-2)32(19-33,23-17-28(38-4)30(40-6)31(41-7)29(23)39-5)15-14-25(43-20(3)35)24(34(36)37)16-22-18-42-26-12-10-11-13-27(26)44-22/h10-13,17,21-22,24-25H,8-9,14-16,18H2,1-7H3. The van der Waals surface area contributed by atoms with Crippen LogP contribution < -0.4 is 28.4 Å². The number of fused-ring (bicyclic) bond motifs is 1. The average molecular weight is 615 g/mol. The van der Waals surface area contributed by atoms with Crippen molar-refractivity contribution in [3.63, 3.8) is 0 Å². The van der Waals surface area contributed by atoms with E-state index in [0.717, 1.165) is 0 Å². The summed E-state index contributed by atoms with van der Waals surface area (Å²) in [5.41, 5.74) is -0.740. The Morgan fingerprint density at radius 3 is 2.23 bits per heavy atom. The van der Waals surface area contributed by atoms with E-state index in [2.05, 4.69) is 6.07 Å².